The van der Waals surface area contributed by atoms with Crippen molar-refractivity contribution in [3.8, 4) is 0 Å². The van der Waals surface area contributed by atoms with Crippen LogP contribution in [-0.2, 0) is 6.54 Å². The summed E-state index contributed by atoms with van der Waals surface area (Å²) in [6, 6.07) is 16.8. The third kappa shape index (κ3) is 3.59. The molecule has 2 aromatic carbocycles. The van der Waals surface area contributed by atoms with Crippen LogP contribution in [0.25, 0.3) is 0 Å². The van der Waals surface area contributed by atoms with Crippen LogP contribution in [-0.4, -0.2) is 0 Å². The quantitative estimate of drug-likeness (QED) is 0.853. The van der Waals surface area contributed by atoms with E-state index in [2.05, 4.69) is 49.5 Å². The van der Waals surface area contributed by atoms with Crippen molar-refractivity contribution in [2.45, 2.75) is 26.4 Å². The average Bonchev–Trinajstić information content (AvgIpc) is 2.36. The van der Waals surface area contributed by atoms with Gasteiger partial charge in [-0.1, -0.05) is 53.6 Å². The van der Waals surface area contributed by atoms with Crippen LogP contribution in [0, 0.1) is 6.92 Å². The molecular weight excluding hydrogens is 242 g/mol. The molecule has 94 valence electrons. The average molecular weight is 260 g/mol. The van der Waals surface area contributed by atoms with Gasteiger partial charge in [-0.2, -0.15) is 0 Å². The lowest BCUT2D eigenvalue weighted by molar-refractivity contribution is 0.574. The Morgan fingerprint density at radius 3 is 2.61 bits per heavy atom. The standard InChI is InChI=1S/C16H18ClN/c1-12-5-3-6-14(9-12)11-18-13(2)15-7-4-8-16(17)10-15/h3-10,13,18H,11H2,1-2H3/t13-/m0/s1. The van der Waals surface area contributed by atoms with Crippen molar-refractivity contribution < 1.29 is 0 Å². The molecule has 2 aromatic rings. The largest absolute Gasteiger partial charge is 0.306 e. The SMILES string of the molecule is Cc1cccc(CN[C@@H](C)c2cccc(Cl)c2)c1. The van der Waals surface area contributed by atoms with E-state index in [4.69, 9.17) is 11.6 Å². The highest BCUT2D eigenvalue weighted by atomic mass is 35.5. The molecule has 0 bridgehead atoms. The van der Waals surface area contributed by atoms with E-state index < -0.39 is 0 Å². The molecule has 0 aliphatic heterocycles. The fourth-order valence-electron chi connectivity index (χ4n) is 1.99. The lowest BCUT2D eigenvalue weighted by Gasteiger charge is -2.14. The smallest absolute Gasteiger partial charge is 0.0409 e. The monoisotopic (exact) mass is 259 g/mol. The highest BCUT2D eigenvalue weighted by Gasteiger charge is 2.05. The first-order valence-corrected chi connectivity index (χ1v) is 6.57. The van der Waals surface area contributed by atoms with E-state index in [1.807, 2.05) is 18.2 Å². The molecule has 1 atom stereocenters. The number of rotatable bonds is 4. The maximum Gasteiger partial charge on any atom is 0.0409 e. The van der Waals surface area contributed by atoms with Gasteiger partial charge in [-0.3, -0.25) is 0 Å². The van der Waals surface area contributed by atoms with E-state index in [0.717, 1.165) is 11.6 Å². The molecule has 0 saturated heterocycles. The summed E-state index contributed by atoms with van der Waals surface area (Å²) in [6.45, 7) is 5.14. The molecule has 2 heteroatoms. The lowest BCUT2D eigenvalue weighted by atomic mass is 10.1. The second-order valence-corrected chi connectivity index (χ2v) is 5.08. The van der Waals surface area contributed by atoms with Gasteiger partial charge in [0.05, 0.1) is 0 Å². The zero-order chi connectivity index (χ0) is 13.0. The zero-order valence-electron chi connectivity index (χ0n) is 10.8. The molecule has 0 radical (unpaired) electrons. The Kier molecular flexibility index (Phi) is 4.40. The Hall–Kier alpha value is -1.31. The minimum Gasteiger partial charge on any atom is -0.306 e. The highest BCUT2D eigenvalue weighted by molar-refractivity contribution is 6.30. The van der Waals surface area contributed by atoms with Gasteiger partial charge < -0.3 is 5.32 Å². The Morgan fingerprint density at radius 2 is 1.89 bits per heavy atom. The molecule has 0 heterocycles. The summed E-state index contributed by atoms with van der Waals surface area (Å²) in [6.07, 6.45) is 0. The molecule has 2 rings (SSSR count). The van der Waals surface area contributed by atoms with Crippen molar-refractivity contribution in [3.63, 3.8) is 0 Å². The molecular formula is C16H18ClN. The van der Waals surface area contributed by atoms with Crippen LogP contribution in [0.2, 0.25) is 5.02 Å². The fourth-order valence-corrected chi connectivity index (χ4v) is 2.19. The third-order valence-electron chi connectivity index (χ3n) is 3.04. The van der Waals surface area contributed by atoms with Crippen LogP contribution in [0.15, 0.2) is 48.5 Å². The number of hydrogen-bond donors (Lipinski definition) is 1. The van der Waals surface area contributed by atoms with E-state index in [9.17, 15) is 0 Å². The van der Waals surface area contributed by atoms with Crippen LogP contribution >= 0.6 is 11.6 Å². The van der Waals surface area contributed by atoms with E-state index >= 15 is 0 Å². The van der Waals surface area contributed by atoms with Gasteiger partial charge in [0.15, 0.2) is 0 Å². The van der Waals surface area contributed by atoms with Crippen LogP contribution in [0.3, 0.4) is 0 Å². The predicted octanol–water partition coefficient (Wildman–Crippen LogP) is 4.50. The minimum atomic E-state index is 0.296. The normalized spacial score (nSPS) is 12.4. The van der Waals surface area contributed by atoms with Crippen molar-refractivity contribution in [2.24, 2.45) is 0 Å². The van der Waals surface area contributed by atoms with Crippen LogP contribution in [0.1, 0.15) is 29.7 Å². The van der Waals surface area contributed by atoms with Crippen LogP contribution in [0.5, 0.6) is 0 Å². The van der Waals surface area contributed by atoms with Crippen molar-refractivity contribution in [1.82, 2.24) is 5.32 Å². The Labute approximate surface area is 114 Å². The van der Waals surface area contributed by atoms with Gasteiger partial charge in [0.2, 0.25) is 0 Å². The van der Waals surface area contributed by atoms with E-state index in [1.54, 1.807) is 0 Å². The molecule has 0 aliphatic carbocycles. The van der Waals surface area contributed by atoms with Gasteiger partial charge in [0.1, 0.15) is 0 Å². The van der Waals surface area contributed by atoms with Gasteiger partial charge in [-0.25, -0.2) is 0 Å². The van der Waals surface area contributed by atoms with E-state index in [1.165, 1.54) is 16.7 Å². The molecule has 1 N–H and O–H groups in total. The van der Waals surface area contributed by atoms with Crippen LogP contribution in [0.4, 0.5) is 0 Å². The number of hydrogen-bond acceptors (Lipinski definition) is 1. The second kappa shape index (κ2) is 6.03. The summed E-state index contributed by atoms with van der Waals surface area (Å²) < 4.78 is 0. The summed E-state index contributed by atoms with van der Waals surface area (Å²) in [7, 11) is 0. The van der Waals surface area contributed by atoms with Crippen molar-refractivity contribution >= 4 is 11.6 Å². The minimum absolute atomic E-state index is 0.296. The third-order valence-corrected chi connectivity index (χ3v) is 3.28. The first-order chi connectivity index (χ1) is 8.65. The Balaban J connectivity index is 1.98. The molecule has 18 heavy (non-hydrogen) atoms. The molecule has 0 saturated carbocycles. The molecule has 0 spiro atoms. The number of aryl methyl sites for hydroxylation is 1. The maximum absolute atomic E-state index is 6.00. The number of benzene rings is 2. The van der Waals surface area contributed by atoms with Gasteiger partial charge in [-0.15, -0.1) is 0 Å². The molecule has 0 aromatic heterocycles. The fraction of sp³-hybridized carbons (Fsp3) is 0.250. The zero-order valence-corrected chi connectivity index (χ0v) is 11.5. The van der Waals surface area contributed by atoms with Gasteiger partial charge >= 0.3 is 0 Å². The van der Waals surface area contributed by atoms with Gasteiger partial charge in [0, 0.05) is 17.6 Å². The van der Waals surface area contributed by atoms with Crippen molar-refractivity contribution in [1.29, 1.82) is 0 Å². The maximum atomic E-state index is 6.00. The Bertz CT molecular complexity index is 522. The topological polar surface area (TPSA) is 12.0 Å². The molecule has 1 nitrogen and oxygen atoms in total. The number of nitrogens with one attached hydrogen (secondary N) is 1. The van der Waals surface area contributed by atoms with E-state index in [-0.39, 0.29) is 0 Å². The molecule has 0 fully saturated rings. The molecule has 0 amide bonds. The van der Waals surface area contributed by atoms with Crippen molar-refractivity contribution in [3.05, 3.63) is 70.2 Å². The number of halogens is 1. The summed E-state index contributed by atoms with van der Waals surface area (Å²) >= 11 is 6.00. The van der Waals surface area contributed by atoms with Crippen LogP contribution < -0.4 is 5.32 Å². The first-order valence-electron chi connectivity index (χ1n) is 6.19. The molecule has 0 unspecified atom stereocenters. The van der Waals surface area contributed by atoms with Gasteiger partial charge in [-0.05, 0) is 37.1 Å². The lowest BCUT2D eigenvalue weighted by Crippen LogP contribution is -2.18. The summed E-state index contributed by atoms with van der Waals surface area (Å²) in [5.41, 5.74) is 3.82. The molecule has 0 aliphatic rings. The predicted molar refractivity (Wildman–Crippen MR) is 77.9 cm³/mol. The summed E-state index contributed by atoms with van der Waals surface area (Å²) in [5.74, 6) is 0. The Morgan fingerprint density at radius 1 is 1.11 bits per heavy atom. The highest BCUT2D eigenvalue weighted by Crippen LogP contribution is 2.17. The van der Waals surface area contributed by atoms with E-state index in [0.29, 0.717) is 6.04 Å². The summed E-state index contributed by atoms with van der Waals surface area (Å²) in [4.78, 5) is 0. The second-order valence-electron chi connectivity index (χ2n) is 4.65. The summed E-state index contributed by atoms with van der Waals surface area (Å²) in [5, 5.41) is 4.30. The van der Waals surface area contributed by atoms with Gasteiger partial charge in [0.25, 0.3) is 0 Å². The first kappa shape index (κ1) is 13.1. The van der Waals surface area contributed by atoms with Crippen molar-refractivity contribution in [2.75, 3.05) is 0 Å².